The average molecular weight is 561 g/mol. The van der Waals surface area contributed by atoms with Gasteiger partial charge < -0.3 is 0 Å². The molecule has 0 saturated carbocycles. The third kappa shape index (κ3) is 3.82. The van der Waals surface area contributed by atoms with Crippen LogP contribution in [0.15, 0.2) is 170 Å². The first kappa shape index (κ1) is 24.7. The van der Waals surface area contributed by atoms with E-state index in [1.165, 1.54) is 71.7 Å². The van der Waals surface area contributed by atoms with Gasteiger partial charge in [0.25, 0.3) is 0 Å². The van der Waals surface area contributed by atoms with Crippen molar-refractivity contribution in [1.29, 1.82) is 0 Å². The van der Waals surface area contributed by atoms with Gasteiger partial charge in [0, 0.05) is 16.6 Å². The Labute approximate surface area is 255 Å². The SMILES string of the molecule is c1ccc(-c2ccc(-c3cccc(-c4c5ccccc5n5c6ccccc6n(-c6ccc7ccccc7c6)c45)c3)cc2)cc1. The van der Waals surface area contributed by atoms with E-state index in [0.29, 0.717) is 0 Å². The van der Waals surface area contributed by atoms with Gasteiger partial charge in [-0.2, -0.15) is 0 Å². The van der Waals surface area contributed by atoms with E-state index in [0.717, 1.165) is 5.69 Å². The smallest absolute Gasteiger partial charge is 0.131 e. The Kier molecular flexibility index (Phi) is 5.54. The highest BCUT2D eigenvalue weighted by atomic mass is 15.1. The fraction of sp³-hybridized carbons (Fsp3) is 0. The molecule has 206 valence electrons. The van der Waals surface area contributed by atoms with E-state index in [1.54, 1.807) is 0 Å². The highest BCUT2D eigenvalue weighted by Gasteiger charge is 2.22. The molecule has 2 heterocycles. The van der Waals surface area contributed by atoms with Gasteiger partial charge in [-0.25, -0.2) is 0 Å². The molecule has 9 aromatic rings. The van der Waals surface area contributed by atoms with Gasteiger partial charge in [-0.3, -0.25) is 8.97 Å². The van der Waals surface area contributed by atoms with E-state index in [2.05, 4.69) is 179 Å². The predicted molar refractivity (Wildman–Crippen MR) is 186 cm³/mol. The fourth-order valence-corrected chi connectivity index (χ4v) is 6.84. The van der Waals surface area contributed by atoms with E-state index >= 15 is 0 Å². The van der Waals surface area contributed by atoms with Crippen LogP contribution < -0.4 is 0 Å². The summed E-state index contributed by atoms with van der Waals surface area (Å²) in [6, 6.07) is 61.4. The zero-order valence-electron chi connectivity index (χ0n) is 24.1. The minimum Gasteiger partial charge on any atom is -0.293 e. The monoisotopic (exact) mass is 560 g/mol. The molecule has 0 unspecified atom stereocenters. The largest absolute Gasteiger partial charge is 0.293 e. The van der Waals surface area contributed by atoms with Crippen LogP contribution in [0.25, 0.3) is 77.4 Å². The quantitative estimate of drug-likeness (QED) is 0.202. The average Bonchev–Trinajstić information content (AvgIpc) is 3.61. The van der Waals surface area contributed by atoms with E-state index in [4.69, 9.17) is 0 Å². The number of hydrogen-bond donors (Lipinski definition) is 0. The Morgan fingerprint density at radius 1 is 0.341 bits per heavy atom. The van der Waals surface area contributed by atoms with Crippen LogP contribution in [-0.2, 0) is 0 Å². The molecule has 0 N–H and O–H groups in total. The molecule has 7 aromatic carbocycles. The van der Waals surface area contributed by atoms with Gasteiger partial charge in [-0.1, -0.05) is 133 Å². The van der Waals surface area contributed by atoms with Crippen LogP contribution in [0.3, 0.4) is 0 Å². The molecular weight excluding hydrogens is 532 g/mol. The molecule has 0 aliphatic heterocycles. The van der Waals surface area contributed by atoms with Gasteiger partial charge in [-0.15, -0.1) is 0 Å². The lowest BCUT2D eigenvalue weighted by atomic mass is 9.96. The summed E-state index contributed by atoms with van der Waals surface area (Å²) in [5.74, 6) is 0. The van der Waals surface area contributed by atoms with Crippen LogP contribution in [0.1, 0.15) is 0 Å². The summed E-state index contributed by atoms with van der Waals surface area (Å²) in [6.07, 6.45) is 0. The first-order chi connectivity index (χ1) is 21.8. The lowest BCUT2D eigenvalue weighted by molar-refractivity contribution is 1.15. The van der Waals surface area contributed by atoms with E-state index in [-0.39, 0.29) is 0 Å². The van der Waals surface area contributed by atoms with Gasteiger partial charge >= 0.3 is 0 Å². The highest BCUT2D eigenvalue weighted by molar-refractivity contribution is 6.09. The standard InChI is InChI=1S/C42H28N2/c1-2-11-29(12-3-1)31-21-23-32(24-22-31)33-15-10-16-35(27-33)41-37-17-6-7-18-38(37)44-40-20-9-8-19-39(40)43(42(41)44)36-26-25-30-13-4-5-14-34(30)28-36/h1-28H. The molecule has 0 fully saturated rings. The number of para-hydroxylation sites is 3. The van der Waals surface area contributed by atoms with Crippen molar-refractivity contribution in [3.63, 3.8) is 0 Å². The van der Waals surface area contributed by atoms with Crippen molar-refractivity contribution in [2.75, 3.05) is 0 Å². The maximum atomic E-state index is 2.44. The summed E-state index contributed by atoms with van der Waals surface area (Å²) in [5.41, 5.74) is 13.3. The van der Waals surface area contributed by atoms with Crippen LogP contribution in [0.5, 0.6) is 0 Å². The third-order valence-electron chi connectivity index (χ3n) is 8.89. The molecule has 0 saturated heterocycles. The van der Waals surface area contributed by atoms with Crippen LogP contribution in [-0.4, -0.2) is 8.97 Å². The Balaban J connectivity index is 1.30. The van der Waals surface area contributed by atoms with Gasteiger partial charge in [-0.05, 0) is 75.0 Å². The summed E-state index contributed by atoms with van der Waals surface area (Å²) in [6.45, 7) is 0. The van der Waals surface area contributed by atoms with Crippen molar-refractivity contribution >= 4 is 38.4 Å². The number of imidazole rings is 1. The molecule has 0 bridgehead atoms. The number of benzene rings is 7. The first-order valence-electron chi connectivity index (χ1n) is 15.1. The van der Waals surface area contributed by atoms with Crippen LogP contribution in [0.2, 0.25) is 0 Å². The van der Waals surface area contributed by atoms with Crippen molar-refractivity contribution in [3.05, 3.63) is 170 Å². The Morgan fingerprint density at radius 2 is 0.932 bits per heavy atom. The number of hydrogen-bond acceptors (Lipinski definition) is 0. The highest BCUT2D eigenvalue weighted by Crippen LogP contribution is 2.42. The summed E-state index contributed by atoms with van der Waals surface area (Å²) in [7, 11) is 0. The molecule has 2 heteroatoms. The van der Waals surface area contributed by atoms with Crippen LogP contribution in [0.4, 0.5) is 0 Å². The van der Waals surface area contributed by atoms with Crippen molar-refractivity contribution in [3.8, 4) is 39.1 Å². The summed E-state index contributed by atoms with van der Waals surface area (Å²) < 4.78 is 4.88. The number of rotatable bonds is 4. The molecule has 2 nitrogen and oxygen atoms in total. The zero-order chi connectivity index (χ0) is 29.0. The Bertz CT molecular complexity index is 2480. The number of aromatic nitrogens is 2. The second-order valence-corrected chi connectivity index (χ2v) is 11.4. The molecule has 2 aromatic heterocycles. The topological polar surface area (TPSA) is 9.34 Å². The van der Waals surface area contributed by atoms with E-state index in [1.807, 2.05) is 0 Å². The molecule has 44 heavy (non-hydrogen) atoms. The number of nitrogens with zero attached hydrogens (tertiary/aromatic N) is 2. The molecule has 0 aliphatic carbocycles. The molecule has 0 aliphatic rings. The molecule has 0 radical (unpaired) electrons. The van der Waals surface area contributed by atoms with Crippen molar-refractivity contribution in [1.82, 2.24) is 8.97 Å². The second kappa shape index (κ2) is 9.86. The molecule has 0 amide bonds. The number of fused-ring (bicyclic) bond motifs is 6. The summed E-state index contributed by atoms with van der Waals surface area (Å²) >= 11 is 0. The lowest BCUT2D eigenvalue weighted by Crippen LogP contribution is -1.95. The van der Waals surface area contributed by atoms with Gasteiger partial charge in [0.1, 0.15) is 5.65 Å². The van der Waals surface area contributed by atoms with Crippen LogP contribution >= 0.6 is 0 Å². The van der Waals surface area contributed by atoms with Crippen molar-refractivity contribution in [2.24, 2.45) is 0 Å². The fourth-order valence-electron chi connectivity index (χ4n) is 6.84. The third-order valence-corrected chi connectivity index (χ3v) is 8.89. The van der Waals surface area contributed by atoms with Gasteiger partial charge in [0.2, 0.25) is 0 Å². The minimum atomic E-state index is 1.16. The normalized spacial score (nSPS) is 11.6. The zero-order valence-corrected chi connectivity index (χ0v) is 24.1. The van der Waals surface area contributed by atoms with Gasteiger partial charge in [0.15, 0.2) is 0 Å². The predicted octanol–water partition coefficient (Wildman–Crippen LogP) is 11.2. The lowest BCUT2D eigenvalue weighted by Gasteiger charge is -2.11. The molecule has 9 rings (SSSR count). The molecule has 0 atom stereocenters. The van der Waals surface area contributed by atoms with Crippen LogP contribution in [0, 0.1) is 0 Å². The molecular formula is C42H28N2. The van der Waals surface area contributed by atoms with Gasteiger partial charge in [0.05, 0.1) is 16.6 Å². The first-order valence-corrected chi connectivity index (χ1v) is 15.1. The summed E-state index contributed by atoms with van der Waals surface area (Å²) in [4.78, 5) is 0. The summed E-state index contributed by atoms with van der Waals surface area (Å²) in [5, 5.41) is 3.73. The maximum Gasteiger partial charge on any atom is 0.131 e. The molecule has 0 spiro atoms. The minimum absolute atomic E-state index is 1.16. The second-order valence-electron chi connectivity index (χ2n) is 11.4. The Hall–Kier alpha value is -5.86. The van der Waals surface area contributed by atoms with Crippen molar-refractivity contribution < 1.29 is 0 Å². The van der Waals surface area contributed by atoms with E-state index < -0.39 is 0 Å². The van der Waals surface area contributed by atoms with E-state index in [9.17, 15) is 0 Å². The maximum absolute atomic E-state index is 2.44. The Morgan fingerprint density at radius 3 is 1.75 bits per heavy atom. The van der Waals surface area contributed by atoms with Crippen molar-refractivity contribution in [2.45, 2.75) is 0 Å².